The molecule has 0 saturated carbocycles. The van der Waals surface area contributed by atoms with Gasteiger partial charge in [0.1, 0.15) is 23.0 Å². The van der Waals surface area contributed by atoms with Crippen molar-refractivity contribution in [2.75, 3.05) is 19.9 Å². The smallest absolute Gasteiger partial charge is 0.291 e. The molecule has 2 heterocycles. The number of hydrogen-bond acceptors (Lipinski definition) is 6. The minimum atomic E-state index is -0.500. The van der Waals surface area contributed by atoms with E-state index in [1.54, 1.807) is 42.5 Å². The number of hydrogen-bond donors (Lipinski definition) is 1. The van der Waals surface area contributed by atoms with E-state index < -0.39 is 11.1 Å². The van der Waals surface area contributed by atoms with Crippen LogP contribution in [0.1, 0.15) is 15.9 Å². The highest BCUT2D eigenvalue weighted by atomic mass is 35.5. The lowest BCUT2D eigenvalue weighted by Crippen LogP contribution is -2.40. The predicted molar refractivity (Wildman–Crippen MR) is 108 cm³/mol. The summed E-state index contributed by atoms with van der Waals surface area (Å²) < 4.78 is 11.5. The fourth-order valence-electron chi connectivity index (χ4n) is 2.93. The second-order valence-electron chi connectivity index (χ2n) is 6.20. The molecule has 7 nitrogen and oxygen atoms in total. The molecule has 0 atom stereocenters. The van der Waals surface area contributed by atoms with Gasteiger partial charge in [0.05, 0.1) is 12.1 Å². The molecule has 2 aromatic rings. The molecule has 2 aliphatic heterocycles. The number of ether oxygens (including phenoxy) is 2. The molecule has 29 heavy (non-hydrogen) atoms. The van der Waals surface area contributed by atoms with Crippen LogP contribution in [0.2, 0.25) is 5.02 Å². The van der Waals surface area contributed by atoms with E-state index in [0.717, 1.165) is 11.8 Å². The van der Waals surface area contributed by atoms with Crippen LogP contribution >= 0.6 is 23.4 Å². The maximum Gasteiger partial charge on any atom is 0.291 e. The van der Waals surface area contributed by atoms with E-state index in [-0.39, 0.29) is 30.7 Å². The molecule has 0 spiro atoms. The van der Waals surface area contributed by atoms with Gasteiger partial charge in [0.2, 0.25) is 0 Å². The summed E-state index contributed by atoms with van der Waals surface area (Å²) in [5.41, 5.74) is 1.06. The van der Waals surface area contributed by atoms with Crippen molar-refractivity contribution in [2.45, 2.75) is 0 Å². The normalized spacial score (nSPS) is 17.6. The van der Waals surface area contributed by atoms with Gasteiger partial charge in [-0.15, -0.1) is 0 Å². The lowest BCUT2D eigenvalue weighted by Gasteiger charge is -2.29. The van der Waals surface area contributed by atoms with Gasteiger partial charge in [0, 0.05) is 10.6 Å². The highest BCUT2D eigenvalue weighted by Gasteiger charge is 2.31. The second-order valence-corrected chi connectivity index (χ2v) is 7.62. The van der Waals surface area contributed by atoms with E-state index in [1.807, 2.05) is 6.07 Å². The lowest BCUT2D eigenvalue weighted by atomic mass is 10.1. The zero-order chi connectivity index (χ0) is 20.4. The lowest BCUT2D eigenvalue weighted by molar-refractivity contribution is -0.115. The molecule has 0 aromatic heterocycles. The van der Waals surface area contributed by atoms with Crippen molar-refractivity contribution in [1.29, 1.82) is 0 Å². The Kier molecular flexibility index (Phi) is 5.46. The van der Waals surface area contributed by atoms with Crippen LogP contribution in [-0.2, 0) is 9.53 Å². The van der Waals surface area contributed by atoms with Crippen LogP contribution in [0.5, 0.6) is 5.75 Å². The van der Waals surface area contributed by atoms with Crippen LogP contribution in [0.25, 0.3) is 5.76 Å². The monoisotopic (exact) mass is 430 g/mol. The Morgan fingerprint density at radius 3 is 2.69 bits per heavy atom. The molecular weight excluding hydrogens is 416 g/mol. The van der Waals surface area contributed by atoms with Crippen molar-refractivity contribution in [1.82, 2.24) is 10.2 Å². The van der Waals surface area contributed by atoms with E-state index in [0.29, 0.717) is 27.7 Å². The van der Waals surface area contributed by atoms with E-state index in [4.69, 9.17) is 21.1 Å². The van der Waals surface area contributed by atoms with Crippen molar-refractivity contribution in [3.8, 4) is 5.75 Å². The van der Waals surface area contributed by atoms with Crippen LogP contribution in [0.4, 0.5) is 4.79 Å². The van der Waals surface area contributed by atoms with Crippen LogP contribution in [0.15, 0.2) is 53.4 Å². The number of thioether (sulfide) groups is 1. The summed E-state index contributed by atoms with van der Waals surface area (Å²) in [7, 11) is 0. The van der Waals surface area contributed by atoms with E-state index >= 15 is 0 Å². The fraction of sp³-hybridized carbons (Fsp3) is 0.150. The van der Waals surface area contributed by atoms with Gasteiger partial charge in [0.25, 0.3) is 17.1 Å². The molecule has 0 bridgehead atoms. The number of carbonyl (C=O) groups excluding carboxylic acids is 3. The molecule has 148 valence electrons. The minimum absolute atomic E-state index is 0.0851. The van der Waals surface area contributed by atoms with E-state index in [2.05, 4.69) is 5.32 Å². The molecule has 0 unspecified atom stereocenters. The average Bonchev–Trinajstić information content (AvgIpc) is 3.05. The molecule has 2 aliphatic rings. The van der Waals surface area contributed by atoms with Gasteiger partial charge in [-0.05, 0) is 30.0 Å². The SMILES string of the molecule is O=C1NC(=O)C(=C(OCCN2COc3ccc(Cl)cc3C2=O)c2ccccc2)S1. The summed E-state index contributed by atoms with van der Waals surface area (Å²) in [4.78, 5) is 38.0. The Morgan fingerprint density at radius 1 is 1.17 bits per heavy atom. The van der Waals surface area contributed by atoms with Gasteiger partial charge < -0.3 is 14.4 Å². The van der Waals surface area contributed by atoms with E-state index in [9.17, 15) is 14.4 Å². The third-order valence-corrected chi connectivity index (χ3v) is 5.40. The number of nitrogens with zero attached hydrogens (tertiary/aromatic N) is 1. The Balaban J connectivity index is 1.49. The third kappa shape index (κ3) is 4.08. The molecule has 3 amide bonds. The first-order valence-corrected chi connectivity index (χ1v) is 9.89. The van der Waals surface area contributed by atoms with E-state index in [1.165, 1.54) is 4.90 Å². The van der Waals surface area contributed by atoms with Crippen molar-refractivity contribution in [3.05, 3.63) is 69.6 Å². The van der Waals surface area contributed by atoms with Gasteiger partial charge >= 0.3 is 0 Å². The molecule has 9 heteroatoms. The Labute approximate surface area is 175 Å². The number of rotatable bonds is 5. The number of carbonyl (C=O) groups is 3. The van der Waals surface area contributed by atoms with Gasteiger partial charge in [-0.2, -0.15) is 0 Å². The zero-order valence-electron chi connectivity index (χ0n) is 15.0. The molecule has 0 radical (unpaired) electrons. The highest BCUT2D eigenvalue weighted by Crippen LogP contribution is 2.33. The molecular formula is C20H15ClN2O5S. The second kappa shape index (κ2) is 8.18. The van der Waals surface area contributed by atoms with Crippen molar-refractivity contribution >= 4 is 46.2 Å². The number of benzene rings is 2. The Morgan fingerprint density at radius 2 is 1.97 bits per heavy atom. The highest BCUT2D eigenvalue weighted by molar-refractivity contribution is 8.18. The van der Waals surface area contributed by atoms with Crippen LogP contribution in [-0.4, -0.2) is 41.8 Å². The minimum Gasteiger partial charge on any atom is -0.490 e. The molecule has 1 N–H and O–H groups in total. The summed E-state index contributed by atoms with van der Waals surface area (Å²) >= 11 is 6.77. The largest absolute Gasteiger partial charge is 0.490 e. The number of nitrogens with one attached hydrogen (secondary N) is 1. The first kappa shape index (κ1) is 19.4. The van der Waals surface area contributed by atoms with Gasteiger partial charge in [-0.1, -0.05) is 41.9 Å². The maximum absolute atomic E-state index is 12.7. The molecule has 4 rings (SSSR count). The third-order valence-electron chi connectivity index (χ3n) is 4.30. The fourth-order valence-corrected chi connectivity index (χ4v) is 3.84. The topological polar surface area (TPSA) is 84.9 Å². The van der Waals surface area contributed by atoms with Crippen LogP contribution in [0.3, 0.4) is 0 Å². The van der Waals surface area contributed by atoms with Crippen LogP contribution in [0, 0.1) is 0 Å². The summed E-state index contributed by atoms with van der Waals surface area (Å²) in [6, 6.07) is 13.9. The maximum atomic E-state index is 12.7. The molecule has 0 aliphatic carbocycles. The van der Waals surface area contributed by atoms with Crippen molar-refractivity contribution in [2.24, 2.45) is 0 Å². The number of fused-ring (bicyclic) bond motifs is 1. The summed E-state index contributed by atoms with van der Waals surface area (Å²) in [6.07, 6.45) is 0. The standard InChI is InChI=1S/C20H15ClN2O5S/c21-13-6-7-15-14(10-13)19(25)23(11-28-15)8-9-27-16(12-4-2-1-3-5-12)17-18(24)22-20(26)29-17/h1-7,10H,8-9,11H2,(H,22,24,26). The summed E-state index contributed by atoms with van der Waals surface area (Å²) in [5.74, 6) is 0.0724. The predicted octanol–water partition coefficient (Wildman–Crippen LogP) is 3.50. The number of imide groups is 1. The summed E-state index contributed by atoms with van der Waals surface area (Å²) in [5, 5.41) is 2.23. The van der Waals surface area contributed by atoms with Gasteiger partial charge in [0.15, 0.2) is 6.73 Å². The first-order chi connectivity index (χ1) is 14.0. The zero-order valence-corrected chi connectivity index (χ0v) is 16.6. The quantitative estimate of drug-likeness (QED) is 0.577. The molecule has 1 saturated heterocycles. The van der Waals surface area contributed by atoms with Gasteiger partial charge in [-0.3, -0.25) is 19.7 Å². The van der Waals surface area contributed by atoms with Crippen molar-refractivity contribution in [3.63, 3.8) is 0 Å². The van der Waals surface area contributed by atoms with Crippen LogP contribution < -0.4 is 10.1 Å². The van der Waals surface area contributed by atoms with Crippen molar-refractivity contribution < 1.29 is 23.9 Å². The first-order valence-electron chi connectivity index (χ1n) is 8.70. The summed E-state index contributed by atoms with van der Waals surface area (Å²) in [6.45, 7) is 0.428. The Hall–Kier alpha value is -2.97. The number of amides is 3. The molecule has 2 aromatic carbocycles. The molecule has 1 fully saturated rings. The average molecular weight is 431 g/mol. The number of halogens is 1. The Bertz CT molecular complexity index is 1020. The van der Waals surface area contributed by atoms with Gasteiger partial charge in [-0.25, -0.2) is 0 Å².